The number of aliphatic hydroxyl groups excluding tert-OH is 1. The van der Waals surface area contributed by atoms with Crippen molar-refractivity contribution in [2.24, 2.45) is 0 Å². The van der Waals surface area contributed by atoms with Crippen molar-refractivity contribution < 1.29 is 23.1 Å². The Bertz CT molecular complexity index is 939. The predicted molar refractivity (Wildman–Crippen MR) is 105 cm³/mol. The third-order valence-electron chi connectivity index (χ3n) is 3.94. The van der Waals surface area contributed by atoms with E-state index in [9.17, 15) is 13.2 Å². The molecule has 154 valence electrons. The molecule has 10 nitrogen and oxygen atoms in total. The molecule has 0 atom stereocenters. The number of hydrogen-bond acceptors (Lipinski definition) is 6. The van der Waals surface area contributed by atoms with Crippen molar-refractivity contribution >= 4 is 27.4 Å². The van der Waals surface area contributed by atoms with Crippen LogP contribution in [0.5, 0.6) is 5.75 Å². The van der Waals surface area contributed by atoms with Crippen LogP contribution in [0.3, 0.4) is 0 Å². The number of amides is 2. The van der Waals surface area contributed by atoms with E-state index in [1.165, 1.54) is 38.5 Å². The van der Waals surface area contributed by atoms with Crippen LogP contribution in [0.25, 0.3) is 0 Å². The average Bonchev–Trinajstić information content (AvgIpc) is 2.97. The van der Waals surface area contributed by atoms with Gasteiger partial charge in [-0.15, -0.1) is 0 Å². The molecule has 0 aliphatic rings. The van der Waals surface area contributed by atoms with Gasteiger partial charge in [0, 0.05) is 14.1 Å². The fraction of sp³-hybridized carbons (Fsp3) is 0.412. The van der Waals surface area contributed by atoms with Crippen LogP contribution in [-0.2, 0) is 16.6 Å². The number of ether oxygens (including phenoxy) is 1. The molecule has 0 radical (unpaired) electrons. The van der Waals surface area contributed by atoms with E-state index in [0.717, 1.165) is 4.31 Å². The Hall–Kier alpha value is -2.63. The second-order valence-electron chi connectivity index (χ2n) is 6.05. The van der Waals surface area contributed by atoms with Crippen molar-refractivity contribution in [2.75, 3.05) is 37.9 Å². The average molecular weight is 411 g/mol. The smallest absolute Gasteiger partial charge is 0.323 e. The highest BCUT2D eigenvalue weighted by Crippen LogP contribution is 2.29. The van der Waals surface area contributed by atoms with Gasteiger partial charge in [-0.2, -0.15) is 5.10 Å². The minimum absolute atomic E-state index is 0.0307. The zero-order valence-corrected chi connectivity index (χ0v) is 17.1. The molecule has 0 unspecified atom stereocenters. The number of carbonyl (C=O) groups is 1. The van der Waals surface area contributed by atoms with E-state index in [-0.39, 0.29) is 17.2 Å². The fourth-order valence-corrected chi connectivity index (χ4v) is 3.35. The number of carbonyl (C=O) groups excluding carboxylic acids is 1. The van der Waals surface area contributed by atoms with E-state index in [2.05, 4.69) is 15.7 Å². The zero-order chi connectivity index (χ0) is 20.9. The summed E-state index contributed by atoms with van der Waals surface area (Å²) in [6.07, 6.45) is 1.47. The molecule has 28 heavy (non-hydrogen) atoms. The second kappa shape index (κ2) is 9.04. The number of nitrogens with one attached hydrogen (secondary N) is 2. The van der Waals surface area contributed by atoms with Crippen molar-refractivity contribution in [1.29, 1.82) is 0 Å². The molecule has 0 spiro atoms. The normalized spacial score (nSPS) is 11.5. The van der Waals surface area contributed by atoms with Crippen molar-refractivity contribution in [3.8, 4) is 5.75 Å². The molecule has 0 bridgehead atoms. The van der Waals surface area contributed by atoms with Gasteiger partial charge in [0.2, 0.25) is 10.0 Å². The van der Waals surface area contributed by atoms with Crippen LogP contribution in [0.1, 0.15) is 12.6 Å². The highest BCUT2D eigenvalue weighted by atomic mass is 32.2. The number of aliphatic hydroxyl groups is 1. The van der Waals surface area contributed by atoms with Crippen LogP contribution >= 0.6 is 0 Å². The van der Waals surface area contributed by atoms with E-state index in [4.69, 9.17) is 9.84 Å². The lowest BCUT2D eigenvalue weighted by Gasteiger charge is -2.16. The Balaban J connectivity index is 2.26. The monoisotopic (exact) mass is 411 g/mol. The van der Waals surface area contributed by atoms with Gasteiger partial charge in [-0.25, -0.2) is 17.5 Å². The lowest BCUT2D eigenvalue weighted by Crippen LogP contribution is -2.23. The molecule has 2 amide bonds. The summed E-state index contributed by atoms with van der Waals surface area (Å²) in [4.78, 5) is 12.5. The molecule has 0 aliphatic heterocycles. The van der Waals surface area contributed by atoms with Crippen molar-refractivity contribution in [3.05, 3.63) is 30.1 Å². The van der Waals surface area contributed by atoms with Crippen LogP contribution in [0.4, 0.5) is 16.2 Å². The van der Waals surface area contributed by atoms with Gasteiger partial charge in [-0.1, -0.05) is 0 Å². The molecule has 1 heterocycles. The Labute approximate surface area is 164 Å². The molecular weight excluding hydrogens is 386 g/mol. The number of nitrogens with zero attached hydrogens (tertiary/aromatic N) is 3. The van der Waals surface area contributed by atoms with Gasteiger partial charge in [-0.05, 0) is 32.0 Å². The summed E-state index contributed by atoms with van der Waals surface area (Å²) in [6.45, 7) is 4.14. The van der Waals surface area contributed by atoms with Gasteiger partial charge in [0.1, 0.15) is 5.75 Å². The van der Waals surface area contributed by atoms with E-state index in [0.29, 0.717) is 30.3 Å². The van der Waals surface area contributed by atoms with Gasteiger partial charge in [0.25, 0.3) is 0 Å². The number of urea groups is 1. The first-order valence-electron chi connectivity index (χ1n) is 8.61. The number of anilines is 2. The number of hydrogen-bond donors (Lipinski definition) is 3. The van der Waals surface area contributed by atoms with Gasteiger partial charge < -0.3 is 20.5 Å². The van der Waals surface area contributed by atoms with Crippen LogP contribution in [0.2, 0.25) is 0 Å². The summed E-state index contributed by atoms with van der Waals surface area (Å²) in [7, 11) is -0.808. The minimum Gasteiger partial charge on any atom is -0.492 e. The first kappa shape index (κ1) is 21.7. The molecule has 0 saturated heterocycles. The topological polar surface area (TPSA) is 126 Å². The minimum atomic E-state index is -3.67. The Morgan fingerprint density at radius 1 is 1.29 bits per heavy atom. The molecule has 1 aromatic heterocycles. The second-order valence-corrected chi connectivity index (χ2v) is 8.20. The van der Waals surface area contributed by atoms with Crippen LogP contribution < -0.4 is 15.4 Å². The first-order chi connectivity index (χ1) is 13.2. The summed E-state index contributed by atoms with van der Waals surface area (Å²) in [5, 5.41) is 18.4. The number of benzene rings is 1. The lowest BCUT2D eigenvalue weighted by molar-refractivity contribution is 0.262. The molecule has 0 aliphatic carbocycles. The maximum atomic E-state index is 12.4. The number of sulfonamides is 1. The highest BCUT2D eigenvalue weighted by Gasteiger charge is 2.20. The number of aromatic nitrogens is 2. The van der Waals surface area contributed by atoms with E-state index in [1.54, 1.807) is 18.5 Å². The van der Waals surface area contributed by atoms with Gasteiger partial charge >= 0.3 is 6.03 Å². The van der Waals surface area contributed by atoms with Crippen LogP contribution in [0, 0.1) is 6.92 Å². The third-order valence-corrected chi connectivity index (χ3v) is 5.75. The summed E-state index contributed by atoms with van der Waals surface area (Å²) in [6, 6.07) is 3.70. The quantitative estimate of drug-likeness (QED) is 0.604. The third kappa shape index (κ3) is 4.80. The number of rotatable bonds is 8. The summed E-state index contributed by atoms with van der Waals surface area (Å²) < 4.78 is 32.9. The van der Waals surface area contributed by atoms with Crippen molar-refractivity contribution in [2.45, 2.75) is 25.3 Å². The first-order valence-corrected chi connectivity index (χ1v) is 10.0. The Kier molecular flexibility index (Phi) is 7.00. The molecule has 1 aromatic carbocycles. The van der Waals surface area contributed by atoms with Gasteiger partial charge in [0.05, 0.1) is 47.9 Å². The summed E-state index contributed by atoms with van der Waals surface area (Å²) >= 11 is 0. The SMILES string of the molecule is CCOc1ccc(S(=O)(=O)N(C)C)cc1NC(=O)Nc1cnn(CCO)c1C. The maximum absolute atomic E-state index is 12.4. The van der Waals surface area contributed by atoms with Crippen molar-refractivity contribution in [1.82, 2.24) is 14.1 Å². The summed E-state index contributed by atoms with van der Waals surface area (Å²) in [5.41, 5.74) is 1.38. The predicted octanol–water partition coefficient (Wildman–Crippen LogP) is 1.48. The molecule has 2 rings (SSSR count). The van der Waals surface area contributed by atoms with E-state index < -0.39 is 16.1 Å². The standard InChI is InChI=1S/C17H25N5O5S/c1-5-27-16-7-6-13(28(25,26)21(3)4)10-14(16)19-17(24)20-15-11-18-22(8-9-23)12(15)2/h6-7,10-11,23H,5,8-9H2,1-4H3,(H2,19,20,24). The molecule has 11 heteroatoms. The fourth-order valence-electron chi connectivity index (χ4n) is 2.42. The van der Waals surface area contributed by atoms with Crippen LogP contribution in [-0.4, -0.2) is 61.0 Å². The maximum Gasteiger partial charge on any atom is 0.323 e. The van der Waals surface area contributed by atoms with Crippen molar-refractivity contribution in [3.63, 3.8) is 0 Å². The molecule has 0 fully saturated rings. The molecule has 3 N–H and O–H groups in total. The summed E-state index contributed by atoms with van der Waals surface area (Å²) in [5.74, 6) is 0.350. The highest BCUT2D eigenvalue weighted by molar-refractivity contribution is 7.89. The van der Waals surface area contributed by atoms with Gasteiger partial charge in [-0.3, -0.25) is 4.68 Å². The van der Waals surface area contributed by atoms with E-state index >= 15 is 0 Å². The molecule has 0 saturated carbocycles. The van der Waals surface area contributed by atoms with Crippen LogP contribution in [0.15, 0.2) is 29.3 Å². The Morgan fingerprint density at radius 2 is 1.96 bits per heavy atom. The molecular formula is C17H25N5O5S. The van der Waals surface area contributed by atoms with Gasteiger partial charge in [0.15, 0.2) is 0 Å². The van der Waals surface area contributed by atoms with E-state index in [1.807, 2.05) is 0 Å². The largest absolute Gasteiger partial charge is 0.492 e. The lowest BCUT2D eigenvalue weighted by atomic mass is 10.3. The molecule has 2 aromatic rings. The Morgan fingerprint density at radius 3 is 2.57 bits per heavy atom. The zero-order valence-electron chi connectivity index (χ0n) is 16.3.